The summed E-state index contributed by atoms with van der Waals surface area (Å²) in [6.45, 7) is 47.3. The first kappa shape index (κ1) is 102. The van der Waals surface area contributed by atoms with Gasteiger partial charge in [-0.1, -0.05) is 124 Å². The molecule has 0 saturated heterocycles. The highest BCUT2D eigenvalue weighted by Crippen LogP contribution is 2.47. The van der Waals surface area contributed by atoms with Crippen LogP contribution in [0, 0.1) is 138 Å². The Labute approximate surface area is 799 Å². The van der Waals surface area contributed by atoms with E-state index < -0.39 is 211 Å². The number of hydrogen-bond acceptors (Lipinski definition) is 18. The number of nitriles is 6. The lowest BCUT2D eigenvalue weighted by atomic mass is 9.93. The molecule has 141 heavy (non-hydrogen) atoms. The molecule has 0 amide bonds. The van der Waals surface area contributed by atoms with E-state index in [0.29, 0.717) is 28.8 Å². The van der Waals surface area contributed by atoms with Crippen molar-refractivity contribution in [3.63, 3.8) is 0 Å². The second-order valence-corrected chi connectivity index (χ2v) is 39.5. The average Bonchev–Trinajstić information content (AvgIpc) is 1.55. The van der Waals surface area contributed by atoms with Gasteiger partial charge in [-0.15, -0.1) is 0 Å². The molecule has 0 aromatic heterocycles. The van der Waals surface area contributed by atoms with Crippen molar-refractivity contribution in [2.45, 2.75) is 94.6 Å². The summed E-state index contributed by atoms with van der Waals surface area (Å²) in [7, 11) is -16.9. The Morgan fingerprint density at radius 3 is 0.745 bits per heavy atom. The summed E-state index contributed by atoms with van der Waals surface area (Å²) in [5, 5.41) is 57.1. The third kappa shape index (κ3) is 18.6. The van der Waals surface area contributed by atoms with Crippen molar-refractivity contribution >= 4 is 96.2 Å². The number of alkyl halides is 9. The third-order valence-electron chi connectivity index (χ3n) is 23.4. The molecule has 0 fully saturated rings. The number of sulfone groups is 3. The lowest BCUT2D eigenvalue weighted by Gasteiger charge is -2.18. The molecule has 6 aliphatic rings. The van der Waals surface area contributed by atoms with Crippen LogP contribution in [0.4, 0.5) is 57.1 Å². The minimum Gasteiger partial charge on any atom is -0.772 e. The molecule has 24 nitrogen and oxygen atoms in total. The first-order valence-electron chi connectivity index (χ1n) is 39.8. The molecule has 43 heteroatoms. The van der Waals surface area contributed by atoms with E-state index in [1.54, 1.807) is 43.3 Å². The number of benzene rings is 9. The van der Waals surface area contributed by atoms with E-state index in [0.717, 1.165) is 79.1 Å². The van der Waals surface area contributed by atoms with E-state index in [2.05, 4.69) is 29.1 Å². The van der Waals surface area contributed by atoms with Gasteiger partial charge < -0.3 is 13.7 Å². The zero-order valence-electron chi connectivity index (χ0n) is 71.3. The highest BCUT2D eigenvalue weighted by molar-refractivity contribution is 7.92. The molecule has 9 aromatic rings. The maximum absolute atomic E-state index is 14.7. The van der Waals surface area contributed by atoms with Gasteiger partial charge in [-0.2, -0.15) is 100 Å². The number of rotatable bonds is 15. The van der Waals surface area contributed by atoms with Crippen molar-refractivity contribution in [1.82, 2.24) is 0 Å². The fourth-order valence-corrected chi connectivity index (χ4v) is 23.4. The molecule has 6 aliphatic carbocycles. The number of halogens is 13. The van der Waals surface area contributed by atoms with E-state index in [1.807, 2.05) is 12.1 Å². The third-order valence-corrected chi connectivity index (χ3v) is 29.4. The van der Waals surface area contributed by atoms with E-state index in [9.17, 15) is 140 Å². The Kier molecular flexibility index (Phi) is 28.5. The predicted octanol–water partition coefficient (Wildman–Crippen LogP) is 13.8. The second kappa shape index (κ2) is 39.3. The summed E-state index contributed by atoms with van der Waals surface area (Å²) in [4.78, 5) is 16.5. The topological polar surface area (TPSA) is 392 Å². The van der Waals surface area contributed by atoms with Gasteiger partial charge in [-0.3, -0.25) is 12.6 Å². The molecule has 0 saturated carbocycles. The van der Waals surface area contributed by atoms with Crippen LogP contribution in [0.1, 0.15) is 94.6 Å². The molecule has 15 rings (SSSR count). The van der Waals surface area contributed by atoms with Crippen LogP contribution in [0.25, 0.3) is 62.5 Å². The van der Waals surface area contributed by atoms with Gasteiger partial charge >= 0.3 is 34.7 Å². The van der Waals surface area contributed by atoms with Gasteiger partial charge in [0.15, 0.2) is 9.84 Å². The molecule has 0 aliphatic heterocycles. The Morgan fingerprint density at radius 2 is 0.539 bits per heavy atom. The summed E-state index contributed by atoms with van der Waals surface area (Å²) in [5.74, 6) is -6.76. The van der Waals surface area contributed by atoms with Crippen molar-refractivity contribution in [2.24, 2.45) is 0 Å². The Balaban J connectivity index is 0.000000178. The lowest BCUT2D eigenvalue weighted by molar-refractivity contribution is -0.137. The first-order chi connectivity index (χ1) is 66.5. The normalized spacial score (nSPS) is 14.4. The van der Waals surface area contributed by atoms with E-state index in [-0.39, 0.29) is 173 Å². The van der Waals surface area contributed by atoms with Crippen molar-refractivity contribution < 1.29 is 109 Å². The van der Waals surface area contributed by atoms with Crippen molar-refractivity contribution in [3.05, 3.63) is 431 Å². The molecule has 0 spiro atoms. The van der Waals surface area contributed by atoms with Gasteiger partial charge in [0.05, 0.1) is 37.0 Å². The Hall–Kier alpha value is -16.2. The SMILES string of the molecule is [C-]#[N+]C([N+]#[C-])=C1Cc2c(CS(=O)[O-])c3c(c(S(=O)(=O)C(F)(F)F)c2=C1c1ccc(C)cc1)CC(=C(C#N)C#N)C=3c1ccc(C(F)(F)F)cc1.[C-]#[N+]C([N+]#[C-])=C1Cc2c(CS(=O)[O-])c3c(c(S(=O)(=O)C(F)(F)F)c2=C1c1ccc(F)cc1)CC(=C(C#N)C#N)C=3c1ccc(F)cc1.[C-]#[N+]C([N+]#[C-])=C1Cc2c(CS(=O)[O-])c3c(c(S(C)(=O)=O)c2=C1c1ccc(F)cc1)CC(=C(C#N)C#N)C=3c1ccc(F)cc1. The van der Waals surface area contributed by atoms with E-state index in [4.69, 9.17) is 39.4 Å². The summed E-state index contributed by atoms with van der Waals surface area (Å²) in [5.41, 5.74) is -16.5. The van der Waals surface area contributed by atoms with Crippen molar-refractivity contribution in [2.75, 3.05) is 6.26 Å². The van der Waals surface area contributed by atoms with Crippen LogP contribution in [0.2, 0.25) is 0 Å². The quantitative estimate of drug-likeness (QED) is 0.0398. The van der Waals surface area contributed by atoms with Crippen LogP contribution in [-0.4, -0.2) is 68.8 Å². The lowest BCUT2D eigenvalue weighted by Crippen LogP contribution is -2.36. The molecule has 0 radical (unpaired) electrons. The average molecular weight is 2020 g/mol. The number of allylic oxidation sites excluding steroid dienone is 9. The standard InChI is InChI=1S/C34H18F6N4O4S2.C32H15F5N4O4S2.C32H18F2N4O4S2/c1-17-4-6-18(7-5-17)28-25(32(43-2)44-3)13-23-26(16-49(45)46)29-24(31(30(23)28)50(47,48)34(38,39)40)12-22(20(14-41)15-42)27(29)19-8-10-21(11-9-19)33(35,36)37;1-40-31(41-2)24-12-22-25(15-46(42)43)28-23(11-21(18(13-38)14-39)26(28)16-3-7-19(33)8-4-16)30(47(44,45)32(35,36)37)29(22)27(24)17-5-9-20(34)10-6-17;1-37-32(38-2)25-13-23-26(16-43(39)40)29-24(12-22(19(14-35)15-36)27(29)17-4-8-20(33)9-5-17)31(44(3,41)42)30(23)28(25)18-6-10-21(34)11-7-18/h4-11H,12-13,16H2,1H3,(H,45,46);3-10H,11-12,15H2,(H,42,43);4-11H,12-13,16H2,3H3,(H,39,40)/p-3. The first-order valence-corrected chi connectivity index (χ1v) is 48.3. The van der Waals surface area contributed by atoms with E-state index in [1.165, 1.54) is 48.5 Å². The monoisotopic (exact) mass is 2020 g/mol. The zero-order valence-corrected chi connectivity index (χ0v) is 76.2. The molecule has 0 heterocycles. The predicted molar refractivity (Wildman–Crippen MR) is 475 cm³/mol. The van der Waals surface area contributed by atoms with Gasteiger partial charge in [0.1, 0.15) is 116 Å². The molecular weight excluding hydrogens is 1980 g/mol. The Bertz CT molecular complexity index is 8740. The summed E-state index contributed by atoms with van der Waals surface area (Å²) in [6.07, 6.45) is -7.03. The van der Waals surface area contributed by atoms with Crippen LogP contribution in [-0.2, 0) is 125 Å². The van der Waals surface area contributed by atoms with Gasteiger partial charge in [-0.25, -0.2) is 42.8 Å². The van der Waals surface area contributed by atoms with Gasteiger partial charge in [0.25, 0.3) is 19.7 Å². The minimum atomic E-state index is -6.38. The molecular formula is C98H48F13N12O12S6-3. The number of hydrogen-bond donors (Lipinski definition) is 0. The number of aryl methyl sites for hydroxylation is 1. The molecule has 702 valence electrons. The van der Waals surface area contributed by atoms with Gasteiger partial charge in [0.2, 0.25) is 0 Å². The molecule has 0 N–H and O–H groups in total. The fourth-order valence-electron chi connectivity index (χ4n) is 18.1. The van der Waals surface area contributed by atoms with Crippen LogP contribution in [0.15, 0.2) is 228 Å². The zero-order chi connectivity index (χ0) is 103. The van der Waals surface area contributed by atoms with Crippen LogP contribution in [0.3, 0.4) is 0 Å². The summed E-state index contributed by atoms with van der Waals surface area (Å²) in [6, 6.07) is 37.6. The second-order valence-electron chi connectivity index (χ2n) is 31.1. The molecule has 0 bridgehead atoms. The number of fused-ring (bicyclic) bond motifs is 6. The van der Waals surface area contributed by atoms with Gasteiger partial charge in [-0.05, 0) is 236 Å². The van der Waals surface area contributed by atoms with Crippen LogP contribution >= 0.6 is 0 Å². The molecule has 9 aromatic carbocycles. The summed E-state index contributed by atoms with van der Waals surface area (Å²) < 4.78 is 340. The minimum absolute atomic E-state index is 0.0379. The van der Waals surface area contributed by atoms with Crippen LogP contribution < -0.4 is 31.3 Å². The van der Waals surface area contributed by atoms with Crippen molar-refractivity contribution in [1.29, 1.82) is 31.6 Å². The number of nitrogens with zero attached hydrogens (tertiary/aromatic N) is 12. The maximum Gasteiger partial charge on any atom is 0.523 e. The van der Waals surface area contributed by atoms with Gasteiger partial charge in [0, 0.05) is 58.4 Å². The highest BCUT2D eigenvalue weighted by atomic mass is 32.2. The summed E-state index contributed by atoms with van der Waals surface area (Å²) >= 11 is -8.72. The molecule has 3 unspecified atom stereocenters. The van der Waals surface area contributed by atoms with Crippen LogP contribution in [0.5, 0.6) is 0 Å². The largest absolute Gasteiger partial charge is 0.772 e. The Morgan fingerprint density at radius 1 is 0.333 bits per heavy atom. The smallest absolute Gasteiger partial charge is 0.523 e. The van der Waals surface area contributed by atoms with E-state index >= 15 is 0 Å². The molecule has 3 atom stereocenters. The van der Waals surface area contributed by atoms with Crippen molar-refractivity contribution in [3.8, 4) is 36.4 Å². The maximum atomic E-state index is 14.7. The highest BCUT2D eigenvalue weighted by Gasteiger charge is 2.54. The fraction of sp³-hybridized carbons (Fsp3) is 0.143.